The second-order valence-electron chi connectivity index (χ2n) is 9.82. The normalized spacial score (nSPS) is 51.1. The van der Waals surface area contributed by atoms with E-state index in [1.54, 1.807) is 26.8 Å². The van der Waals surface area contributed by atoms with E-state index in [0.29, 0.717) is 12.8 Å². The van der Waals surface area contributed by atoms with E-state index in [-0.39, 0.29) is 12.8 Å². The summed E-state index contributed by atoms with van der Waals surface area (Å²) in [5.41, 5.74) is -3.97. The van der Waals surface area contributed by atoms with Crippen molar-refractivity contribution in [2.24, 2.45) is 17.3 Å². The molecular weight excluding hydrogens is 392 g/mol. The molecule has 4 N–H and O–H groups in total. The summed E-state index contributed by atoms with van der Waals surface area (Å²) in [6.07, 6.45) is -1.73. The third kappa shape index (κ3) is 3.38. The Bertz CT molecular complexity index is 745. The number of carbonyl (C=O) groups is 2. The van der Waals surface area contributed by atoms with E-state index in [0.717, 1.165) is 5.57 Å². The number of aliphatic hydroxyl groups excluding tert-OH is 2. The van der Waals surface area contributed by atoms with Gasteiger partial charge in [0.1, 0.15) is 6.10 Å². The van der Waals surface area contributed by atoms with Crippen LogP contribution in [-0.2, 0) is 19.1 Å². The zero-order valence-corrected chi connectivity index (χ0v) is 18.3. The van der Waals surface area contributed by atoms with Gasteiger partial charge in [-0.3, -0.25) is 9.59 Å². The molecule has 0 unspecified atom stereocenters. The van der Waals surface area contributed by atoms with E-state index in [9.17, 15) is 30.0 Å². The van der Waals surface area contributed by atoms with Crippen molar-refractivity contribution in [3.8, 4) is 0 Å². The molecule has 3 aliphatic rings. The first-order valence-electron chi connectivity index (χ1n) is 10.6. The third-order valence-electron chi connectivity index (χ3n) is 7.75. The maximum absolute atomic E-state index is 12.5. The van der Waals surface area contributed by atoms with Gasteiger partial charge in [0.2, 0.25) is 0 Å². The van der Waals surface area contributed by atoms with Crippen LogP contribution in [0.4, 0.5) is 0 Å². The van der Waals surface area contributed by atoms with E-state index >= 15 is 0 Å². The molecule has 1 saturated carbocycles. The topological polar surface area (TPSA) is 134 Å². The Hall–Kier alpha value is -1.48. The average molecular weight is 427 g/mol. The van der Waals surface area contributed by atoms with Crippen LogP contribution < -0.4 is 0 Å². The van der Waals surface area contributed by atoms with Gasteiger partial charge in [-0.15, -0.1) is 0 Å². The highest BCUT2D eigenvalue weighted by Crippen LogP contribution is 2.56. The van der Waals surface area contributed by atoms with Crippen LogP contribution >= 0.6 is 0 Å². The fraction of sp³-hybridized carbons (Fsp3) is 0.818. The second-order valence-corrected chi connectivity index (χ2v) is 9.82. The summed E-state index contributed by atoms with van der Waals surface area (Å²) in [6.45, 7) is 7.69. The Balaban J connectivity index is 2.30. The molecule has 170 valence electrons. The minimum Gasteiger partial charge on any atom is -0.459 e. The standard InChI is InChI=1S/C22H34O8/c1-11-6-7-14(24)21(5)15(25)8-9-20(4,27)17(21)18(29-13(3)23)22(28)12(2)19(26)30-16(22)10-11/h10,12,14-18,24-25,27-28H,6-9H2,1-5H3/b11-10-/t12-,14-,15-,16-,17-,18+,20-,21-,22-/m0/s1. The number of aliphatic hydroxyl groups is 4. The summed E-state index contributed by atoms with van der Waals surface area (Å²) in [7, 11) is 0. The quantitative estimate of drug-likeness (QED) is 0.358. The third-order valence-corrected chi connectivity index (χ3v) is 7.75. The Morgan fingerprint density at radius 2 is 1.80 bits per heavy atom. The van der Waals surface area contributed by atoms with Crippen molar-refractivity contribution in [1.29, 1.82) is 0 Å². The van der Waals surface area contributed by atoms with E-state index in [4.69, 9.17) is 9.47 Å². The van der Waals surface area contributed by atoms with Crippen molar-refractivity contribution in [3.05, 3.63) is 11.6 Å². The molecule has 3 rings (SSSR count). The van der Waals surface area contributed by atoms with Crippen molar-refractivity contribution < 1.29 is 39.5 Å². The van der Waals surface area contributed by atoms with E-state index < -0.39 is 64.8 Å². The summed E-state index contributed by atoms with van der Waals surface area (Å²) in [5.74, 6) is -3.44. The number of rotatable bonds is 1. The fourth-order valence-corrected chi connectivity index (χ4v) is 5.81. The molecule has 0 spiro atoms. The summed E-state index contributed by atoms with van der Waals surface area (Å²) >= 11 is 0. The summed E-state index contributed by atoms with van der Waals surface area (Å²) < 4.78 is 11.1. The van der Waals surface area contributed by atoms with Gasteiger partial charge in [0.25, 0.3) is 0 Å². The van der Waals surface area contributed by atoms with Crippen LogP contribution in [0, 0.1) is 17.3 Å². The van der Waals surface area contributed by atoms with Gasteiger partial charge in [-0.1, -0.05) is 12.5 Å². The number of ether oxygens (including phenoxy) is 2. The maximum atomic E-state index is 12.5. The molecule has 8 nitrogen and oxygen atoms in total. The van der Waals surface area contributed by atoms with E-state index in [1.165, 1.54) is 13.8 Å². The monoisotopic (exact) mass is 426 g/mol. The number of allylic oxidation sites excluding steroid dienone is 1. The molecule has 9 atom stereocenters. The molecule has 1 aliphatic heterocycles. The van der Waals surface area contributed by atoms with Crippen LogP contribution in [0.25, 0.3) is 0 Å². The van der Waals surface area contributed by atoms with Crippen molar-refractivity contribution in [2.45, 2.75) is 95.9 Å². The van der Waals surface area contributed by atoms with E-state index in [2.05, 4.69) is 0 Å². The fourth-order valence-electron chi connectivity index (χ4n) is 5.81. The lowest BCUT2D eigenvalue weighted by atomic mass is 9.52. The molecule has 0 radical (unpaired) electrons. The van der Waals surface area contributed by atoms with Gasteiger partial charge in [0.15, 0.2) is 11.7 Å². The molecule has 30 heavy (non-hydrogen) atoms. The van der Waals surface area contributed by atoms with Gasteiger partial charge in [-0.05, 0) is 52.5 Å². The number of fused-ring (bicyclic) bond motifs is 2. The average Bonchev–Trinajstić information content (AvgIpc) is 2.85. The Labute approximate surface area is 176 Å². The van der Waals surface area contributed by atoms with Gasteiger partial charge in [-0.2, -0.15) is 0 Å². The van der Waals surface area contributed by atoms with Gasteiger partial charge >= 0.3 is 11.9 Å². The molecule has 2 aliphatic carbocycles. The number of carbonyl (C=O) groups excluding carboxylic acids is 2. The van der Waals surface area contributed by atoms with Crippen LogP contribution in [0.3, 0.4) is 0 Å². The first-order chi connectivity index (χ1) is 13.8. The lowest BCUT2D eigenvalue weighted by Gasteiger charge is -2.58. The molecule has 1 saturated heterocycles. The molecule has 1 heterocycles. The molecule has 0 aromatic carbocycles. The number of hydrogen-bond acceptors (Lipinski definition) is 8. The Kier molecular flexibility index (Phi) is 5.86. The van der Waals surface area contributed by atoms with Crippen LogP contribution in [0.2, 0.25) is 0 Å². The SMILES string of the molecule is CC(=O)O[C@@H]1[C@@H]2[C@@](C)([C@@H](O)CC/C(C)=C\[C@@H]3OC(=O)[C@H](C)[C@]31O)[C@@H](O)CC[C@]2(C)O. The number of esters is 2. The lowest BCUT2D eigenvalue weighted by Crippen LogP contribution is -2.70. The minimum absolute atomic E-state index is 0.178. The smallest absolute Gasteiger partial charge is 0.312 e. The highest BCUT2D eigenvalue weighted by atomic mass is 16.6. The van der Waals surface area contributed by atoms with Gasteiger partial charge in [-0.25, -0.2) is 0 Å². The molecule has 0 aromatic rings. The molecule has 0 aromatic heterocycles. The van der Waals surface area contributed by atoms with Crippen molar-refractivity contribution >= 4 is 11.9 Å². The largest absolute Gasteiger partial charge is 0.459 e. The van der Waals surface area contributed by atoms with Gasteiger partial charge in [0, 0.05) is 18.3 Å². The molecule has 0 amide bonds. The van der Waals surface area contributed by atoms with Crippen molar-refractivity contribution in [1.82, 2.24) is 0 Å². The van der Waals surface area contributed by atoms with Gasteiger partial charge < -0.3 is 29.9 Å². The Morgan fingerprint density at radius 3 is 2.40 bits per heavy atom. The Morgan fingerprint density at radius 1 is 1.20 bits per heavy atom. The summed E-state index contributed by atoms with van der Waals surface area (Å²) in [5, 5.41) is 45.5. The molecule has 2 fully saturated rings. The summed E-state index contributed by atoms with van der Waals surface area (Å²) in [6, 6.07) is 0. The summed E-state index contributed by atoms with van der Waals surface area (Å²) in [4.78, 5) is 24.6. The first-order valence-corrected chi connectivity index (χ1v) is 10.6. The lowest BCUT2D eigenvalue weighted by molar-refractivity contribution is -0.261. The zero-order valence-electron chi connectivity index (χ0n) is 18.3. The number of hydrogen-bond donors (Lipinski definition) is 4. The highest BCUT2D eigenvalue weighted by molar-refractivity contribution is 5.77. The second kappa shape index (κ2) is 7.58. The van der Waals surface area contributed by atoms with Crippen molar-refractivity contribution in [2.75, 3.05) is 0 Å². The molecule has 8 heteroatoms. The van der Waals surface area contributed by atoms with Crippen LogP contribution in [0.15, 0.2) is 11.6 Å². The predicted octanol–water partition coefficient (Wildman–Crippen LogP) is 0.840. The van der Waals surface area contributed by atoms with Gasteiger partial charge in [0.05, 0.1) is 23.7 Å². The highest BCUT2D eigenvalue weighted by Gasteiger charge is 2.69. The zero-order chi connectivity index (χ0) is 22.6. The van der Waals surface area contributed by atoms with Crippen LogP contribution in [-0.4, -0.2) is 68.0 Å². The maximum Gasteiger partial charge on any atom is 0.312 e. The minimum atomic E-state index is -1.98. The molecule has 0 bridgehead atoms. The predicted molar refractivity (Wildman–Crippen MR) is 106 cm³/mol. The van der Waals surface area contributed by atoms with Crippen LogP contribution in [0.5, 0.6) is 0 Å². The van der Waals surface area contributed by atoms with E-state index in [1.807, 2.05) is 0 Å². The molecular formula is C22H34O8. The van der Waals surface area contributed by atoms with Crippen molar-refractivity contribution in [3.63, 3.8) is 0 Å². The van der Waals surface area contributed by atoms with Crippen LogP contribution in [0.1, 0.15) is 60.3 Å². The first kappa shape index (κ1) is 23.2.